The van der Waals surface area contributed by atoms with Crippen molar-refractivity contribution in [3.63, 3.8) is 0 Å². The van der Waals surface area contributed by atoms with Crippen LogP contribution in [0.4, 0.5) is 0 Å². The van der Waals surface area contributed by atoms with E-state index in [4.69, 9.17) is 0 Å². The van der Waals surface area contributed by atoms with Gasteiger partial charge in [-0.2, -0.15) is 0 Å². The average Bonchev–Trinajstić information content (AvgIpc) is 2.50. The van der Waals surface area contributed by atoms with Crippen molar-refractivity contribution in [2.24, 2.45) is 0 Å². The van der Waals surface area contributed by atoms with Gasteiger partial charge >= 0.3 is 0 Å². The van der Waals surface area contributed by atoms with E-state index >= 15 is 0 Å². The van der Waals surface area contributed by atoms with Gasteiger partial charge in [-0.15, -0.1) is 6.58 Å². The Labute approximate surface area is 80.9 Å². The highest BCUT2D eigenvalue weighted by Crippen LogP contribution is 2.13. The van der Waals surface area contributed by atoms with Crippen molar-refractivity contribution in [1.82, 2.24) is 18.9 Å². The second-order valence-electron chi connectivity index (χ2n) is 2.57. The fraction of sp³-hybridized carbons (Fsp3) is 0.125. The number of allylic oxidation sites excluding steroid dienone is 1. The van der Waals surface area contributed by atoms with E-state index < -0.39 is 0 Å². The predicted molar refractivity (Wildman–Crippen MR) is 53.6 cm³/mol. The second kappa shape index (κ2) is 3.18. The molecule has 0 spiro atoms. The van der Waals surface area contributed by atoms with Crippen LogP contribution in [0.1, 0.15) is 5.69 Å². The molecule has 0 atom stereocenters. The molecular weight excluding hydrogens is 184 g/mol. The highest BCUT2D eigenvalue weighted by atomic mass is 32.1. The predicted octanol–water partition coefficient (Wildman–Crippen LogP) is 1.25. The lowest BCUT2D eigenvalue weighted by atomic mass is 10.3. The van der Waals surface area contributed by atoms with E-state index in [1.807, 2.05) is 0 Å². The van der Waals surface area contributed by atoms with E-state index in [1.165, 1.54) is 6.33 Å². The fourth-order valence-corrected chi connectivity index (χ4v) is 1.36. The maximum absolute atomic E-state index is 4.15. The van der Waals surface area contributed by atoms with E-state index in [9.17, 15) is 0 Å². The zero-order valence-electron chi connectivity index (χ0n) is 6.88. The summed E-state index contributed by atoms with van der Waals surface area (Å²) in [5, 5.41) is 0. The molecule has 2 heterocycles. The van der Waals surface area contributed by atoms with Crippen LogP contribution >= 0.6 is 12.8 Å². The molecule has 2 aromatic heterocycles. The van der Waals surface area contributed by atoms with Crippen molar-refractivity contribution in [2.75, 3.05) is 0 Å². The Morgan fingerprint density at radius 2 is 2.31 bits per heavy atom. The number of aromatic nitrogens is 4. The van der Waals surface area contributed by atoms with Gasteiger partial charge in [0.05, 0.1) is 5.69 Å². The van der Waals surface area contributed by atoms with Crippen LogP contribution in [0.5, 0.6) is 0 Å². The molecule has 0 saturated carbocycles. The van der Waals surface area contributed by atoms with Gasteiger partial charge in [-0.1, -0.05) is 18.9 Å². The number of hydrogen-bond acceptors (Lipinski definition) is 4. The molecule has 5 heteroatoms. The van der Waals surface area contributed by atoms with Crippen LogP contribution < -0.4 is 0 Å². The minimum absolute atomic E-state index is 0.698. The molecule has 0 unspecified atom stereocenters. The molecule has 4 nitrogen and oxygen atoms in total. The van der Waals surface area contributed by atoms with E-state index in [1.54, 1.807) is 16.4 Å². The van der Waals surface area contributed by atoms with Crippen molar-refractivity contribution in [3.05, 3.63) is 31.0 Å². The van der Waals surface area contributed by atoms with E-state index in [0.717, 1.165) is 16.9 Å². The summed E-state index contributed by atoms with van der Waals surface area (Å²) in [5.74, 6) is 0. The summed E-state index contributed by atoms with van der Waals surface area (Å²) in [7, 11) is 0. The van der Waals surface area contributed by atoms with Gasteiger partial charge in [0.25, 0.3) is 0 Å². The molecular formula is C8H8N4S. The van der Waals surface area contributed by atoms with Crippen LogP contribution in [0.3, 0.4) is 0 Å². The van der Waals surface area contributed by atoms with Crippen molar-refractivity contribution < 1.29 is 0 Å². The van der Waals surface area contributed by atoms with Gasteiger partial charge in [-0.05, 0) is 0 Å². The number of thiol groups is 1. The summed E-state index contributed by atoms with van der Waals surface area (Å²) in [6.45, 7) is 3.66. The number of rotatable bonds is 2. The maximum Gasteiger partial charge on any atom is 0.173 e. The zero-order valence-corrected chi connectivity index (χ0v) is 7.78. The summed E-state index contributed by atoms with van der Waals surface area (Å²) >= 11 is 4.15. The summed E-state index contributed by atoms with van der Waals surface area (Å²) in [5.41, 5.74) is 2.40. The monoisotopic (exact) mass is 192 g/mol. The van der Waals surface area contributed by atoms with E-state index in [2.05, 4.69) is 34.3 Å². The van der Waals surface area contributed by atoms with Gasteiger partial charge in [0.2, 0.25) is 0 Å². The first kappa shape index (κ1) is 8.25. The van der Waals surface area contributed by atoms with Gasteiger partial charge in [-0.25, -0.2) is 15.0 Å². The molecule has 0 aliphatic carbocycles. The second-order valence-corrected chi connectivity index (χ2v) is 3.01. The Bertz CT molecular complexity index is 448. The fourth-order valence-electron chi connectivity index (χ4n) is 1.16. The van der Waals surface area contributed by atoms with Gasteiger partial charge in [0, 0.05) is 6.42 Å². The van der Waals surface area contributed by atoms with E-state index in [-0.39, 0.29) is 0 Å². The van der Waals surface area contributed by atoms with Crippen LogP contribution in [-0.4, -0.2) is 18.9 Å². The highest BCUT2D eigenvalue weighted by Gasteiger charge is 2.06. The highest BCUT2D eigenvalue weighted by molar-refractivity contribution is 7.78. The maximum atomic E-state index is 4.15. The molecule has 0 amide bonds. The van der Waals surface area contributed by atoms with E-state index in [0.29, 0.717) is 6.42 Å². The normalized spacial score (nSPS) is 10.5. The molecule has 0 aliphatic rings. The summed E-state index contributed by atoms with van der Waals surface area (Å²) in [6, 6.07) is 0. The van der Waals surface area contributed by atoms with Crippen LogP contribution in [-0.2, 0) is 6.42 Å². The Kier molecular flexibility index (Phi) is 2.02. The third kappa shape index (κ3) is 1.31. The Balaban J connectivity index is 2.69. The first-order valence-corrected chi connectivity index (χ1v) is 4.20. The van der Waals surface area contributed by atoms with Gasteiger partial charge in [-0.3, -0.25) is 3.97 Å². The molecule has 0 bridgehead atoms. The molecule has 0 fully saturated rings. The minimum Gasteiger partial charge on any atom is -0.259 e. The number of hydrogen-bond donors (Lipinski definition) is 1. The lowest BCUT2D eigenvalue weighted by molar-refractivity contribution is 1.08. The lowest BCUT2D eigenvalue weighted by Crippen LogP contribution is -1.92. The summed E-state index contributed by atoms with van der Waals surface area (Å²) in [6.07, 6.45) is 5.60. The SMILES string of the molecule is C=CCc1ncnc2c1ncn2S. The Morgan fingerprint density at radius 1 is 1.46 bits per heavy atom. The standard InChI is InChI=1S/C8H8N4S/c1-2-3-6-7-8(10-4-9-6)12(13)5-11-7/h2,4-5,13H,1,3H2. The zero-order chi connectivity index (χ0) is 9.26. The van der Waals surface area contributed by atoms with Gasteiger partial charge in [0.15, 0.2) is 5.65 Å². The van der Waals surface area contributed by atoms with Gasteiger partial charge in [0.1, 0.15) is 18.2 Å². The molecule has 0 N–H and O–H groups in total. The molecule has 0 saturated heterocycles. The van der Waals surface area contributed by atoms with Crippen molar-refractivity contribution >= 4 is 24.0 Å². The summed E-state index contributed by atoms with van der Waals surface area (Å²) in [4.78, 5) is 12.3. The molecule has 66 valence electrons. The molecule has 0 aromatic carbocycles. The summed E-state index contributed by atoms with van der Waals surface area (Å²) < 4.78 is 1.57. The van der Waals surface area contributed by atoms with Crippen LogP contribution in [0.25, 0.3) is 11.2 Å². The minimum atomic E-state index is 0.698. The molecule has 2 aromatic rings. The van der Waals surface area contributed by atoms with Crippen molar-refractivity contribution in [2.45, 2.75) is 6.42 Å². The quantitative estimate of drug-likeness (QED) is 0.575. The number of imidazole rings is 1. The first-order chi connectivity index (χ1) is 6.33. The van der Waals surface area contributed by atoms with Crippen LogP contribution in [0.2, 0.25) is 0 Å². The lowest BCUT2D eigenvalue weighted by Gasteiger charge is -1.96. The molecule has 13 heavy (non-hydrogen) atoms. The molecule has 2 rings (SSSR count). The smallest absolute Gasteiger partial charge is 0.173 e. The number of fused-ring (bicyclic) bond motifs is 1. The Morgan fingerprint density at radius 3 is 3.08 bits per heavy atom. The molecule has 0 aliphatic heterocycles. The first-order valence-electron chi connectivity index (χ1n) is 3.80. The molecule has 0 radical (unpaired) electrons. The topological polar surface area (TPSA) is 43.6 Å². The number of nitrogens with zero attached hydrogens (tertiary/aromatic N) is 4. The van der Waals surface area contributed by atoms with Crippen molar-refractivity contribution in [3.8, 4) is 0 Å². The van der Waals surface area contributed by atoms with Gasteiger partial charge < -0.3 is 0 Å². The third-order valence-electron chi connectivity index (χ3n) is 1.73. The largest absolute Gasteiger partial charge is 0.259 e. The average molecular weight is 192 g/mol. The van der Waals surface area contributed by atoms with Crippen molar-refractivity contribution in [1.29, 1.82) is 0 Å². The Hall–Kier alpha value is -1.36. The van der Waals surface area contributed by atoms with Crippen LogP contribution in [0.15, 0.2) is 25.3 Å². The van der Waals surface area contributed by atoms with Crippen LogP contribution in [0, 0.1) is 0 Å². The third-order valence-corrected chi connectivity index (χ3v) is 2.02.